The molecule has 0 atom stereocenters. The van der Waals surface area contributed by atoms with E-state index in [9.17, 15) is 10.1 Å². The maximum atomic E-state index is 12.0. The van der Waals surface area contributed by atoms with Crippen LogP contribution in [-0.2, 0) is 4.79 Å². The number of hydrogen-bond donors (Lipinski definition) is 1. The highest BCUT2D eigenvalue weighted by atomic mass is 16.5. The van der Waals surface area contributed by atoms with E-state index >= 15 is 0 Å². The van der Waals surface area contributed by atoms with Gasteiger partial charge in [-0.25, -0.2) is 0 Å². The molecule has 1 saturated carbocycles. The molecule has 1 aliphatic carbocycles. The number of nitriles is 1. The van der Waals surface area contributed by atoms with E-state index in [-0.39, 0.29) is 18.9 Å². The van der Waals surface area contributed by atoms with E-state index in [0.717, 1.165) is 32.1 Å². The molecule has 5 heteroatoms. The number of nitrogens with one attached hydrogen (secondary N) is 1. The van der Waals surface area contributed by atoms with E-state index in [1.165, 1.54) is 0 Å². The molecule has 0 aromatic heterocycles. The van der Waals surface area contributed by atoms with Gasteiger partial charge in [-0.15, -0.1) is 0 Å². The van der Waals surface area contributed by atoms with Gasteiger partial charge in [0.25, 0.3) is 0 Å². The Hall–Kier alpha value is -2.22. The number of nitrogens with zero attached hydrogens (tertiary/aromatic N) is 1. The van der Waals surface area contributed by atoms with Crippen molar-refractivity contribution in [1.82, 2.24) is 5.32 Å². The first-order chi connectivity index (χ1) is 10.7. The standard InChI is InChI=1S/C17H22N2O3/c1-21-14-7-3-4-8-15(14)22-12-9-16(20)19-17(13-18)10-5-2-6-11-17/h3-4,7-8H,2,5-6,9-12H2,1H3,(H,19,20). The lowest BCUT2D eigenvalue weighted by atomic mass is 9.83. The van der Waals surface area contributed by atoms with Crippen LogP contribution >= 0.6 is 0 Å². The SMILES string of the molecule is COc1ccccc1OCCC(=O)NC1(C#N)CCCCC1. The molecule has 0 aliphatic heterocycles. The van der Waals surface area contributed by atoms with Gasteiger partial charge in [-0.05, 0) is 25.0 Å². The molecule has 0 bridgehead atoms. The maximum absolute atomic E-state index is 12.0. The second kappa shape index (κ2) is 7.69. The number of benzene rings is 1. The van der Waals surface area contributed by atoms with Gasteiger partial charge in [0.05, 0.1) is 26.2 Å². The number of amides is 1. The summed E-state index contributed by atoms with van der Waals surface area (Å²) in [7, 11) is 1.58. The summed E-state index contributed by atoms with van der Waals surface area (Å²) in [6.07, 6.45) is 4.82. The Kier molecular flexibility index (Phi) is 5.65. The third-order valence-corrected chi connectivity index (χ3v) is 3.96. The van der Waals surface area contributed by atoms with Crippen LogP contribution in [0.2, 0.25) is 0 Å². The number of methoxy groups -OCH3 is 1. The Labute approximate surface area is 131 Å². The van der Waals surface area contributed by atoms with Crippen LogP contribution in [-0.4, -0.2) is 25.2 Å². The lowest BCUT2D eigenvalue weighted by Crippen LogP contribution is -2.48. The van der Waals surface area contributed by atoms with Gasteiger partial charge in [0.2, 0.25) is 5.91 Å². The number of rotatable bonds is 6. The molecule has 0 heterocycles. The zero-order valence-electron chi connectivity index (χ0n) is 12.9. The summed E-state index contributed by atoms with van der Waals surface area (Å²) < 4.78 is 10.8. The summed E-state index contributed by atoms with van der Waals surface area (Å²) >= 11 is 0. The minimum atomic E-state index is -0.681. The Morgan fingerprint density at radius 2 is 1.95 bits per heavy atom. The lowest BCUT2D eigenvalue weighted by Gasteiger charge is -2.31. The predicted molar refractivity (Wildman–Crippen MR) is 82.7 cm³/mol. The average Bonchev–Trinajstić information content (AvgIpc) is 2.56. The molecule has 5 nitrogen and oxygen atoms in total. The molecule has 1 amide bonds. The summed E-state index contributed by atoms with van der Waals surface area (Å²) in [5.41, 5.74) is -0.681. The van der Waals surface area contributed by atoms with E-state index < -0.39 is 5.54 Å². The van der Waals surface area contributed by atoms with Crippen LogP contribution in [0.15, 0.2) is 24.3 Å². The van der Waals surface area contributed by atoms with Crippen molar-refractivity contribution in [1.29, 1.82) is 5.26 Å². The smallest absolute Gasteiger partial charge is 0.224 e. The number of carbonyl (C=O) groups is 1. The van der Waals surface area contributed by atoms with Crippen LogP contribution in [0.3, 0.4) is 0 Å². The first-order valence-electron chi connectivity index (χ1n) is 7.67. The van der Waals surface area contributed by atoms with Crippen molar-refractivity contribution in [3.8, 4) is 17.6 Å². The van der Waals surface area contributed by atoms with Gasteiger partial charge >= 0.3 is 0 Å². The highest BCUT2D eigenvalue weighted by molar-refractivity contribution is 5.77. The zero-order chi connectivity index (χ0) is 15.8. The number of hydrogen-bond acceptors (Lipinski definition) is 4. The van der Waals surface area contributed by atoms with Crippen LogP contribution in [0.1, 0.15) is 38.5 Å². The van der Waals surface area contributed by atoms with Gasteiger partial charge in [-0.1, -0.05) is 31.4 Å². The van der Waals surface area contributed by atoms with Crippen molar-refractivity contribution in [2.45, 2.75) is 44.1 Å². The molecule has 1 N–H and O–H groups in total. The van der Waals surface area contributed by atoms with Crippen molar-refractivity contribution in [3.05, 3.63) is 24.3 Å². The third-order valence-electron chi connectivity index (χ3n) is 3.96. The van der Waals surface area contributed by atoms with Gasteiger partial charge in [-0.3, -0.25) is 4.79 Å². The number of para-hydroxylation sites is 2. The molecule has 0 unspecified atom stereocenters. The van der Waals surface area contributed by atoms with Gasteiger partial charge in [-0.2, -0.15) is 5.26 Å². The predicted octanol–water partition coefficient (Wildman–Crippen LogP) is 2.81. The van der Waals surface area contributed by atoms with Gasteiger partial charge in [0.1, 0.15) is 5.54 Å². The normalized spacial score (nSPS) is 16.4. The average molecular weight is 302 g/mol. The molecule has 1 fully saturated rings. The first-order valence-corrected chi connectivity index (χ1v) is 7.67. The Balaban J connectivity index is 1.81. The molecular weight excluding hydrogens is 280 g/mol. The minimum Gasteiger partial charge on any atom is -0.493 e. The second-order valence-electron chi connectivity index (χ2n) is 5.55. The van der Waals surface area contributed by atoms with Crippen molar-refractivity contribution in [2.24, 2.45) is 0 Å². The molecule has 2 rings (SSSR count). The van der Waals surface area contributed by atoms with Crippen LogP contribution < -0.4 is 14.8 Å². The summed E-state index contributed by atoms with van der Waals surface area (Å²) in [6, 6.07) is 9.60. The van der Waals surface area contributed by atoms with Crippen LogP contribution in [0.4, 0.5) is 0 Å². The van der Waals surface area contributed by atoms with Crippen LogP contribution in [0.5, 0.6) is 11.5 Å². The molecule has 1 aromatic rings. The van der Waals surface area contributed by atoms with Crippen molar-refractivity contribution < 1.29 is 14.3 Å². The maximum Gasteiger partial charge on any atom is 0.224 e. The second-order valence-corrected chi connectivity index (χ2v) is 5.55. The van der Waals surface area contributed by atoms with E-state index in [1.807, 2.05) is 18.2 Å². The molecule has 0 saturated heterocycles. The van der Waals surface area contributed by atoms with E-state index in [0.29, 0.717) is 11.5 Å². The summed E-state index contributed by atoms with van der Waals surface area (Å²) in [5.74, 6) is 1.12. The van der Waals surface area contributed by atoms with E-state index in [4.69, 9.17) is 9.47 Å². The van der Waals surface area contributed by atoms with Gasteiger partial charge in [0, 0.05) is 0 Å². The fourth-order valence-corrected chi connectivity index (χ4v) is 2.74. The Morgan fingerprint density at radius 1 is 1.27 bits per heavy atom. The molecule has 22 heavy (non-hydrogen) atoms. The molecular formula is C17H22N2O3. The first kappa shape index (κ1) is 16.2. The van der Waals surface area contributed by atoms with E-state index in [1.54, 1.807) is 13.2 Å². The van der Waals surface area contributed by atoms with E-state index in [2.05, 4.69) is 11.4 Å². The Morgan fingerprint density at radius 3 is 2.59 bits per heavy atom. The zero-order valence-corrected chi connectivity index (χ0v) is 12.9. The topological polar surface area (TPSA) is 71.3 Å². The molecule has 1 aliphatic rings. The minimum absolute atomic E-state index is 0.140. The quantitative estimate of drug-likeness (QED) is 0.877. The summed E-state index contributed by atoms with van der Waals surface area (Å²) in [4.78, 5) is 12.0. The van der Waals surface area contributed by atoms with Crippen LogP contribution in [0, 0.1) is 11.3 Å². The molecule has 0 radical (unpaired) electrons. The Bertz CT molecular complexity index is 545. The monoisotopic (exact) mass is 302 g/mol. The van der Waals surface area contributed by atoms with Gasteiger partial charge in [0.15, 0.2) is 11.5 Å². The number of carbonyl (C=O) groups excluding carboxylic acids is 1. The number of ether oxygens (including phenoxy) is 2. The van der Waals surface area contributed by atoms with Crippen molar-refractivity contribution in [2.75, 3.05) is 13.7 Å². The summed E-state index contributed by atoms with van der Waals surface area (Å²) in [5, 5.41) is 12.2. The fraction of sp³-hybridized carbons (Fsp3) is 0.529. The van der Waals surface area contributed by atoms with Gasteiger partial charge < -0.3 is 14.8 Å². The van der Waals surface area contributed by atoms with Crippen molar-refractivity contribution >= 4 is 5.91 Å². The fourth-order valence-electron chi connectivity index (χ4n) is 2.74. The van der Waals surface area contributed by atoms with Crippen molar-refractivity contribution in [3.63, 3.8) is 0 Å². The molecule has 1 aromatic carbocycles. The molecule has 118 valence electrons. The highest BCUT2D eigenvalue weighted by Crippen LogP contribution is 2.28. The largest absolute Gasteiger partial charge is 0.493 e. The third kappa shape index (κ3) is 4.14. The highest BCUT2D eigenvalue weighted by Gasteiger charge is 2.33. The lowest BCUT2D eigenvalue weighted by molar-refractivity contribution is -0.123. The molecule has 0 spiro atoms. The van der Waals surface area contributed by atoms with Crippen LogP contribution in [0.25, 0.3) is 0 Å². The summed E-state index contributed by atoms with van der Waals surface area (Å²) in [6.45, 7) is 0.258.